The highest BCUT2D eigenvalue weighted by Gasteiger charge is 2.21. The summed E-state index contributed by atoms with van der Waals surface area (Å²) in [6, 6.07) is 7.31. The van der Waals surface area contributed by atoms with Crippen molar-refractivity contribution in [2.24, 2.45) is 0 Å². The van der Waals surface area contributed by atoms with Gasteiger partial charge in [-0.3, -0.25) is 4.90 Å². The minimum Gasteiger partial charge on any atom is -0.478 e. The van der Waals surface area contributed by atoms with Gasteiger partial charge in [0, 0.05) is 37.6 Å². The van der Waals surface area contributed by atoms with E-state index in [1.54, 1.807) is 12.1 Å². The largest absolute Gasteiger partial charge is 0.478 e. The van der Waals surface area contributed by atoms with Crippen molar-refractivity contribution in [2.75, 3.05) is 25.0 Å². The first-order valence-corrected chi connectivity index (χ1v) is 9.26. The Balaban J connectivity index is 1.58. The number of benzene rings is 1. The first-order chi connectivity index (χ1) is 12.7. The third-order valence-electron chi connectivity index (χ3n) is 4.78. The van der Waals surface area contributed by atoms with Crippen molar-refractivity contribution in [1.82, 2.24) is 14.9 Å². The quantitative estimate of drug-likeness (QED) is 0.794. The molecule has 0 aliphatic carbocycles. The molecule has 3 rings (SSSR count). The number of anilines is 1. The highest BCUT2D eigenvalue weighted by Crippen LogP contribution is 2.28. The van der Waals surface area contributed by atoms with E-state index in [1.807, 2.05) is 24.5 Å². The molecule has 0 saturated carbocycles. The Hall–Kier alpha value is -2.47. The third-order valence-corrected chi connectivity index (χ3v) is 4.78. The van der Waals surface area contributed by atoms with Gasteiger partial charge in [0.15, 0.2) is 0 Å². The second-order valence-electron chi connectivity index (χ2n) is 6.84. The third kappa shape index (κ3) is 4.79. The first kappa shape index (κ1) is 18.3. The van der Waals surface area contributed by atoms with Crippen LogP contribution < -0.4 is 5.32 Å². The number of carbonyl (C=O) groups is 1. The van der Waals surface area contributed by atoms with Crippen LogP contribution in [0.3, 0.4) is 0 Å². The Morgan fingerprint density at radius 1 is 1.27 bits per heavy atom. The fourth-order valence-electron chi connectivity index (χ4n) is 3.39. The summed E-state index contributed by atoms with van der Waals surface area (Å²) in [7, 11) is 0. The van der Waals surface area contributed by atoms with Crippen LogP contribution in [0.1, 0.15) is 53.6 Å². The van der Waals surface area contributed by atoms with E-state index in [2.05, 4.69) is 27.1 Å². The van der Waals surface area contributed by atoms with Crippen LogP contribution in [0.25, 0.3) is 0 Å². The van der Waals surface area contributed by atoms with Gasteiger partial charge in [0.1, 0.15) is 0 Å². The number of aromatic nitrogens is 2. The number of carboxylic acid groups (broad SMARTS) is 1. The summed E-state index contributed by atoms with van der Waals surface area (Å²) in [6.07, 6.45) is 7.13. The maximum absolute atomic E-state index is 11.0. The predicted octanol–water partition coefficient (Wildman–Crippen LogP) is 3.38. The second kappa shape index (κ2) is 8.76. The highest BCUT2D eigenvalue weighted by molar-refractivity contribution is 5.87. The van der Waals surface area contributed by atoms with Crippen LogP contribution in [0, 0.1) is 0 Å². The summed E-state index contributed by atoms with van der Waals surface area (Å²) < 4.78 is 0. The molecule has 0 spiro atoms. The van der Waals surface area contributed by atoms with Crippen molar-refractivity contribution < 1.29 is 9.90 Å². The van der Waals surface area contributed by atoms with E-state index in [1.165, 1.54) is 5.56 Å². The van der Waals surface area contributed by atoms with Gasteiger partial charge in [-0.25, -0.2) is 14.8 Å². The molecule has 1 aromatic carbocycles. The number of rotatable bonds is 7. The molecule has 6 nitrogen and oxygen atoms in total. The SMILES string of the molecule is CCCNc1ncc(CN2CCC[C@H](c3ccc(C(=O)O)cc3)C2)cn1. The average Bonchev–Trinajstić information content (AvgIpc) is 2.68. The standard InChI is InChI=1S/C20H26N4O2/c1-2-9-21-20-22-11-15(12-23-20)13-24-10-3-4-18(14-24)16-5-7-17(8-6-16)19(25)26/h5-8,11-12,18H,2-4,9-10,13-14H2,1H3,(H,25,26)(H,21,22,23)/t18-/m0/s1. The Labute approximate surface area is 154 Å². The molecule has 1 saturated heterocycles. The molecule has 1 aliphatic heterocycles. The monoisotopic (exact) mass is 354 g/mol. The van der Waals surface area contributed by atoms with Gasteiger partial charge >= 0.3 is 5.97 Å². The van der Waals surface area contributed by atoms with Crippen molar-refractivity contribution in [2.45, 2.75) is 38.6 Å². The lowest BCUT2D eigenvalue weighted by molar-refractivity contribution is 0.0697. The Morgan fingerprint density at radius 3 is 2.65 bits per heavy atom. The zero-order valence-electron chi connectivity index (χ0n) is 15.2. The number of piperidine rings is 1. The lowest BCUT2D eigenvalue weighted by Crippen LogP contribution is -2.34. The number of aromatic carboxylic acids is 1. The molecule has 0 bridgehead atoms. The van der Waals surface area contributed by atoms with E-state index in [0.29, 0.717) is 17.4 Å². The molecule has 138 valence electrons. The fraction of sp³-hybridized carbons (Fsp3) is 0.450. The van der Waals surface area contributed by atoms with E-state index in [-0.39, 0.29) is 0 Å². The van der Waals surface area contributed by atoms with E-state index >= 15 is 0 Å². The van der Waals surface area contributed by atoms with Gasteiger partial charge in [0.2, 0.25) is 5.95 Å². The van der Waals surface area contributed by atoms with Gasteiger partial charge in [-0.05, 0) is 49.4 Å². The van der Waals surface area contributed by atoms with Crippen molar-refractivity contribution in [1.29, 1.82) is 0 Å². The summed E-state index contributed by atoms with van der Waals surface area (Å²) in [6.45, 7) is 5.89. The summed E-state index contributed by atoms with van der Waals surface area (Å²) >= 11 is 0. The number of hydrogen-bond donors (Lipinski definition) is 2. The Kier molecular flexibility index (Phi) is 6.17. The van der Waals surface area contributed by atoms with E-state index in [9.17, 15) is 4.79 Å². The summed E-state index contributed by atoms with van der Waals surface area (Å²) in [4.78, 5) is 22.2. The molecule has 2 heterocycles. The molecule has 26 heavy (non-hydrogen) atoms. The molecular formula is C20H26N4O2. The maximum Gasteiger partial charge on any atom is 0.335 e. The topological polar surface area (TPSA) is 78.4 Å². The molecular weight excluding hydrogens is 328 g/mol. The van der Waals surface area contributed by atoms with Crippen LogP contribution in [0.5, 0.6) is 0 Å². The minimum atomic E-state index is -0.876. The van der Waals surface area contributed by atoms with Crippen LogP contribution in [0.4, 0.5) is 5.95 Å². The normalized spacial score (nSPS) is 17.8. The fourth-order valence-corrected chi connectivity index (χ4v) is 3.39. The molecule has 2 N–H and O–H groups in total. The summed E-state index contributed by atoms with van der Waals surface area (Å²) in [5, 5.41) is 12.2. The number of hydrogen-bond acceptors (Lipinski definition) is 5. The van der Waals surface area contributed by atoms with Crippen molar-refractivity contribution in [3.63, 3.8) is 0 Å². The van der Waals surface area contributed by atoms with Crippen LogP contribution in [-0.4, -0.2) is 45.6 Å². The zero-order valence-corrected chi connectivity index (χ0v) is 15.2. The highest BCUT2D eigenvalue weighted by atomic mass is 16.4. The minimum absolute atomic E-state index is 0.343. The van der Waals surface area contributed by atoms with Gasteiger partial charge in [0.25, 0.3) is 0 Å². The number of nitrogens with one attached hydrogen (secondary N) is 1. The molecule has 0 unspecified atom stereocenters. The summed E-state index contributed by atoms with van der Waals surface area (Å²) in [5.41, 5.74) is 2.68. The Bertz CT molecular complexity index is 716. The zero-order chi connectivity index (χ0) is 18.4. The molecule has 0 amide bonds. The number of likely N-dealkylation sites (tertiary alicyclic amines) is 1. The smallest absolute Gasteiger partial charge is 0.335 e. The van der Waals surface area contributed by atoms with Crippen molar-refractivity contribution in [3.8, 4) is 0 Å². The predicted molar refractivity (Wildman–Crippen MR) is 101 cm³/mol. The second-order valence-corrected chi connectivity index (χ2v) is 6.84. The van der Waals surface area contributed by atoms with Gasteiger partial charge in [-0.15, -0.1) is 0 Å². The molecule has 0 radical (unpaired) electrons. The molecule has 6 heteroatoms. The number of nitrogens with zero attached hydrogens (tertiary/aromatic N) is 3. The first-order valence-electron chi connectivity index (χ1n) is 9.26. The van der Waals surface area contributed by atoms with Gasteiger partial charge < -0.3 is 10.4 Å². The lowest BCUT2D eigenvalue weighted by atomic mass is 9.90. The maximum atomic E-state index is 11.0. The molecule has 2 aromatic rings. The average molecular weight is 354 g/mol. The van der Waals surface area contributed by atoms with Crippen LogP contribution in [-0.2, 0) is 6.54 Å². The van der Waals surface area contributed by atoms with Gasteiger partial charge in [-0.2, -0.15) is 0 Å². The molecule has 1 aliphatic rings. The van der Waals surface area contributed by atoms with Crippen LogP contribution >= 0.6 is 0 Å². The van der Waals surface area contributed by atoms with Crippen molar-refractivity contribution in [3.05, 3.63) is 53.3 Å². The van der Waals surface area contributed by atoms with Crippen molar-refractivity contribution >= 4 is 11.9 Å². The lowest BCUT2D eigenvalue weighted by Gasteiger charge is -2.33. The van der Waals surface area contributed by atoms with Gasteiger partial charge in [-0.1, -0.05) is 19.1 Å². The molecule has 1 fully saturated rings. The Morgan fingerprint density at radius 2 is 2.00 bits per heavy atom. The number of carboxylic acids is 1. The van der Waals surface area contributed by atoms with E-state index in [4.69, 9.17) is 5.11 Å². The van der Waals surface area contributed by atoms with Crippen LogP contribution in [0.2, 0.25) is 0 Å². The summed E-state index contributed by atoms with van der Waals surface area (Å²) in [5.74, 6) is 0.252. The van der Waals surface area contributed by atoms with Gasteiger partial charge in [0.05, 0.1) is 5.56 Å². The van der Waals surface area contributed by atoms with E-state index in [0.717, 1.165) is 51.0 Å². The molecule has 1 atom stereocenters. The van der Waals surface area contributed by atoms with Crippen LogP contribution in [0.15, 0.2) is 36.7 Å². The molecule has 1 aromatic heterocycles. The van der Waals surface area contributed by atoms with E-state index < -0.39 is 5.97 Å².